The first-order valence-electron chi connectivity index (χ1n) is 13.7. The maximum atomic E-state index is 13.4. The van der Waals surface area contributed by atoms with Crippen molar-refractivity contribution < 1.29 is 19.1 Å². The van der Waals surface area contributed by atoms with E-state index in [9.17, 15) is 14.4 Å². The van der Waals surface area contributed by atoms with Gasteiger partial charge in [-0.15, -0.1) is 0 Å². The van der Waals surface area contributed by atoms with Crippen LogP contribution in [0.4, 0.5) is 16.4 Å². The van der Waals surface area contributed by atoms with E-state index in [1.165, 1.54) is 0 Å². The molecular weight excluding hydrogens is 542 g/mol. The molecule has 3 aromatic carbocycles. The molecule has 3 N–H and O–H groups in total. The third kappa shape index (κ3) is 8.34. The number of hydrogen-bond donors (Lipinski definition) is 3. The van der Waals surface area contributed by atoms with Crippen LogP contribution in [-0.2, 0) is 22.6 Å². The normalized spacial score (nSPS) is 11.2. The van der Waals surface area contributed by atoms with Crippen molar-refractivity contribution in [2.75, 3.05) is 10.6 Å². The van der Waals surface area contributed by atoms with E-state index in [4.69, 9.17) is 4.74 Å². The molecule has 0 fully saturated rings. The summed E-state index contributed by atoms with van der Waals surface area (Å²) in [5.74, 6) is -0.0928. The van der Waals surface area contributed by atoms with Crippen LogP contribution in [0.5, 0.6) is 0 Å². The quantitative estimate of drug-likeness (QED) is 0.193. The highest BCUT2D eigenvalue weighted by molar-refractivity contribution is 6.03. The molecule has 5 rings (SSSR count). The number of carbonyl (C=O) groups is 3. The molecular formula is C34H29N5O4. The standard InChI is InChI=1S/C34H29N5O4/c40-32(26-16-8-3-9-17-26)38-30-20-10-18-27(35-30)28-19-11-21-31(36-28)39-33(41)29(22-24-12-4-1-5-13-24)37-34(42)43-23-25-14-6-2-7-15-25/h1-21,29H,22-23H2,(H,37,42)(H,35,38,40)(H,36,39,41)/t29-/m0/s1. The molecule has 0 aliphatic carbocycles. The van der Waals surface area contributed by atoms with Crippen molar-refractivity contribution in [2.24, 2.45) is 0 Å². The summed E-state index contributed by atoms with van der Waals surface area (Å²) in [5.41, 5.74) is 3.21. The molecule has 1 atom stereocenters. The Morgan fingerprint density at radius 2 is 1.14 bits per heavy atom. The van der Waals surface area contributed by atoms with Crippen molar-refractivity contribution in [3.05, 3.63) is 144 Å². The number of nitrogens with one attached hydrogen (secondary N) is 3. The molecule has 43 heavy (non-hydrogen) atoms. The Kier molecular flexibility index (Phi) is 9.46. The first kappa shape index (κ1) is 28.7. The fourth-order valence-corrected chi connectivity index (χ4v) is 4.25. The van der Waals surface area contributed by atoms with E-state index in [0.29, 0.717) is 22.8 Å². The SMILES string of the molecule is O=C(N[C@@H](Cc1ccccc1)C(=O)Nc1cccc(-c2cccc(NC(=O)c3ccccc3)n2)n1)OCc1ccccc1. The molecule has 9 heteroatoms. The van der Waals surface area contributed by atoms with Crippen LogP contribution in [0, 0.1) is 0 Å². The number of rotatable bonds is 10. The molecule has 9 nitrogen and oxygen atoms in total. The van der Waals surface area contributed by atoms with Gasteiger partial charge in [0.1, 0.15) is 24.3 Å². The Balaban J connectivity index is 1.27. The Bertz CT molecular complexity index is 1680. The summed E-state index contributed by atoms with van der Waals surface area (Å²) >= 11 is 0. The molecule has 3 amide bonds. The van der Waals surface area contributed by atoms with Crippen molar-refractivity contribution in [3.63, 3.8) is 0 Å². The fraction of sp³-hybridized carbons (Fsp3) is 0.0882. The minimum Gasteiger partial charge on any atom is -0.445 e. The predicted octanol–water partition coefficient (Wildman–Crippen LogP) is 5.87. The van der Waals surface area contributed by atoms with Gasteiger partial charge in [0.15, 0.2) is 0 Å². The lowest BCUT2D eigenvalue weighted by Crippen LogP contribution is -2.45. The van der Waals surface area contributed by atoms with Crippen LogP contribution < -0.4 is 16.0 Å². The average Bonchev–Trinajstić information content (AvgIpc) is 3.05. The van der Waals surface area contributed by atoms with Crippen LogP contribution in [-0.4, -0.2) is 33.9 Å². The monoisotopic (exact) mass is 571 g/mol. The Hall–Kier alpha value is -5.83. The van der Waals surface area contributed by atoms with Crippen LogP contribution in [0.25, 0.3) is 11.4 Å². The maximum Gasteiger partial charge on any atom is 0.408 e. The van der Waals surface area contributed by atoms with Crippen LogP contribution in [0.15, 0.2) is 127 Å². The van der Waals surface area contributed by atoms with Crippen molar-refractivity contribution in [1.29, 1.82) is 0 Å². The van der Waals surface area contributed by atoms with E-state index in [1.807, 2.05) is 66.7 Å². The third-order valence-corrected chi connectivity index (χ3v) is 6.39. The molecule has 0 saturated carbocycles. The number of ether oxygens (including phenoxy) is 1. The van der Waals surface area contributed by atoms with Crippen LogP contribution >= 0.6 is 0 Å². The number of anilines is 2. The molecule has 2 aromatic heterocycles. The number of nitrogens with zero attached hydrogens (tertiary/aromatic N) is 2. The van der Waals surface area contributed by atoms with Gasteiger partial charge in [0, 0.05) is 12.0 Å². The fourth-order valence-electron chi connectivity index (χ4n) is 4.25. The van der Waals surface area contributed by atoms with Gasteiger partial charge < -0.3 is 20.7 Å². The van der Waals surface area contributed by atoms with Crippen molar-refractivity contribution >= 4 is 29.5 Å². The van der Waals surface area contributed by atoms with Gasteiger partial charge in [-0.25, -0.2) is 14.8 Å². The van der Waals surface area contributed by atoms with Gasteiger partial charge in [0.2, 0.25) is 5.91 Å². The summed E-state index contributed by atoms with van der Waals surface area (Å²) < 4.78 is 5.36. The predicted molar refractivity (Wildman–Crippen MR) is 164 cm³/mol. The Labute approximate surface area is 249 Å². The summed E-state index contributed by atoms with van der Waals surface area (Å²) in [6.45, 7) is 0.0772. The van der Waals surface area contributed by atoms with E-state index in [0.717, 1.165) is 11.1 Å². The van der Waals surface area contributed by atoms with E-state index in [1.54, 1.807) is 60.7 Å². The number of carbonyl (C=O) groups excluding carboxylic acids is 3. The molecule has 0 radical (unpaired) electrons. The molecule has 5 aromatic rings. The second-order valence-corrected chi connectivity index (χ2v) is 9.57. The maximum absolute atomic E-state index is 13.4. The van der Waals surface area contributed by atoms with E-state index < -0.39 is 18.0 Å². The lowest BCUT2D eigenvalue weighted by molar-refractivity contribution is -0.118. The molecule has 214 valence electrons. The molecule has 0 aliphatic rings. The molecule has 0 unspecified atom stereocenters. The first-order valence-corrected chi connectivity index (χ1v) is 13.7. The molecule has 0 bridgehead atoms. The van der Waals surface area contributed by atoms with Crippen LogP contribution in [0.1, 0.15) is 21.5 Å². The van der Waals surface area contributed by atoms with Gasteiger partial charge >= 0.3 is 6.09 Å². The average molecular weight is 572 g/mol. The van der Waals surface area contributed by atoms with Gasteiger partial charge in [-0.2, -0.15) is 0 Å². The summed E-state index contributed by atoms with van der Waals surface area (Å²) in [5, 5.41) is 8.28. The minimum atomic E-state index is -0.925. The van der Waals surface area contributed by atoms with Gasteiger partial charge in [-0.3, -0.25) is 9.59 Å². The number of pyridine rings is 2. The van der Waals surface area contributed by atoms with Gasteiger partial charge in [0.25, 0.3) is 5.91 Å². The van der Waals surface area contributed by atoms with Crippen LogP contribution in [0.3, 0.4) is 0 Å². The highest BCUT2D eigenvalue weighted by atomic mass is 16.5. The highest BCUT2D eigenvalue weighted by Gasteiger charge is 2.23. The van der Waals surface area contributed by atoms with Crippen molar-refractivity contribution in [3.8, 4) is 11.4 Å². The number of alkyl carbamates (subject to hydrolysis) is 1. The van der Waals surface area contributed by atoms with Crippen LogP contribution in [0.2, 0.25) is 0 Å². The Morgan fingerprint density at radius 1 is 0.605 bits per heavy atom. The van der Waals surface area contributed by atoms with Gasteiger partial charge in [-0.1, -0.05) is 91.0 Å². The third-order valence-electron chi connectivity index (χ3n) is 6.39. The molecule has 0 saturated heterocycles. The lowest BCUT2D eigenvalue weighted by atomic mass is 10.1. The van der Waals surface area contributed by atoms with Gasteiger partial charge in [0.05, 0.1) is 11.4 Å². The second kappa shape index (κ2) is 14.2. The summed E-state index contributed by atoms with van der Waals surface area (Å²) in [4.78, 5) is 47.7. The Morgan fingerprint density at radius 3 is 1.74 bits per heavy atom. The van der Waals surface area contributed by atoms with Crippen molar-refractivity contribution in [2.45, 2.75) is 19.1 Å². The van der Waals surface area contributed by atoms with E-state index in [2.05, 4.69) is 25.9 Å². The van der Waals surface area contributed by atoms with E-state index >= 15 is 0 Å². The number of amides is 3. The zero-order valence-corrected chi connectivity index (χ0v) is 23.1. The number of aromatic nitrogens is 2. The molecule has 0 aliphatic heterocycles. The summed E-state index contributed by atoms with van der Waals surface area (Å²) in [6, 6.07) is 36.9. The summed E-state index contributed by atoms with van der Waals surface area (Å²) in [6.07, 6.45) is -0.461. The highest BCUT2D eigenvalue weighted by Crippen LogP contribution is 2.19. The largest absolute Gasteiger partial charge is 0.445 e. The smallest absolute Gasteiger partial charge is 0.408 e. The second-order valence-electron chi connectivity index (χ2n) is 9.57. The zero-order chi connectivity index (χ0) is 29.9. The van der Waals surface area contributed by atoms with Crippen molar-refractivity contribution in [1.82, 2.24) is 15.3 Å². The minimum absolute atomic E-state index is 0.0772. The molecule has 2 heterocycles. The summed E-state index contributed by atoms with van der Waals surface area (Å²) in [7, 11) is 0. The molecule has 0 spiro atoms. The number of hydrogen-bond acceptors (Lipinski definition) is 6. The zero-order valence-electron chi connectivity index (χ0n) is 23.1. The topological polar surface area (TPSA) is 122 Å². The van der Waals surface area contributed by atoms with E-state index in [-0.39, 0.29) is 24.8 Å². The van der Waals surface area contributed by atoms with Gasteiger partial charge in [-0.05, 0) is 47.5 Å². The number of benzene rings is 3. The lowest BCUT2D eigenvalue weighted by Gasteiger charge is -2.18. The first-order chi connectivity index (χ1) is 21.0.